The third kappa shape index (κ3) is 3.58. The van der Waals surface area contributed by atoms with Gasteiger partial charge >= 0.3 is 5.97 Å². The fraction of sp³-hybridized carbons (Fsp3) is 0.0526. The number of hydrogen-bond acceptors (Lipinski definition) is 5. The van der Waals surface area contributed by atoms with Gasteiger partial charge in [-0.2, -0.15) is 0 Å². The van der Waals surface area contributed by atoms with E-state index in [4.69, 9.17) is 10.5 Å². The molecule has 0 atom stereocenters. The Hall–Kier alpha value is -3.41. The average molecular weight is 338 g/mol. The lowest BCUT2D eigenvalue weighted by atomic mass is 10.0. The minimum atomic E-state index is -0.552. The zero-order valence-corrected chi connectivity index (χ0v) is 13.4. The second kappa shape index (κ2) is 7.00. The van der Waals surface area contributed by atoms with Gasteiger partial charge in [-0.05, 0) is 35.9 Å². The van der Waals surface area contributed by atoms with E-state index in [2.05, 4.69) is 9.72 Å². The van der Waals surface area contributed by atoms with Crippen LogP contribution in [0, 0.1) is 5.82 Å². The Morgan fingerprint density at radius 2 is 1.84 bits per heavy atom. The molecular formula is C19H15FN2O3. The molecule has 2 aromatic carbocycles. The number of rotatable bonds is 4. The van der Waals surface area contributed by atoms with E-state index in [0.717, 1.165) is 5.56 Å². The number of benzene rings is 2. The van der Waals surface area contributed by atoms with E-state index in [9.17, 15) is 9.18 Å². The van der Waals surface area contributed by atoms with Crippen LogP contribution in [0.25, 0.3) is 11.1 Å². The van der Waals surface area contributed by atoms with E-state index in [1.165, 1.54) is 19.2 Å². The summed E-state index contributed by atoms with van der Waals surface area (Å²) in [6.07, 6.45) is 3.16. The first-order valence-corrected chi connectivity index (χ1v) is 7.44. The highest BCUT2D eigenvalue weighted by atomic mass is 19.1. The molecule has 0 radical (unpaired) electrons. The number of nitrogens with two attached hydrogens (primary N) is 1. The van der Waals surface area contributed by atoms with Crippen LogP contribution in [0.15, 0.2) is 60.9 Å². The van der Waals surface area contributed by atoms with Gasteiger partial charge in [0.1, 0.15) is 5.75 Å². The molecule has 0 aliphatic carbocycles. The highest BCUT2D eigenvalue weighted by molar-refractivity contribution is 5.90. The molecule has 6 heteroatoms. The van der Waals surface area contributed by atoms with Crippen molar-refractivity contribution in [3.63, 3.8) is 0 Å². The zero-order chi connectivity index (χ0) is 17.8. The minimum Gasteiger partial charge on any atom is -0.465 e. The number of halogens is 1. The number of nitrogens with zero attached hydrogens (tertiary/aromatic N) is 1. The second-order valence-electron chi connectivity index (χ2n) is 5.23. The molecule has 1 heterocycles. The van der Waals surface area contributed by atoms with Gasteiger partial charge in [0, 0.05) is 29.7 Å². The lowest BCUT2D eigenvalue weighted by molar-refractivity contribution is 0.0601. The molecule has 0 unspecified atom stereocenters. The number of pyridine rings is 1. The molecule has 126 valence electrons. The summed E-state index contributed by atoms with van der Waals surface area (Å²) in [5.74, 6) is -0.473. The molecule has 0 amide bonds. The summed E-state index contributed by atoms with van der Waals surface area (Å²) >= 11 is 0. The largest absolute Gasteiger partial charge is 0.465 e. The Kier molecular flexibility index (Phi) is 4.61. The number of hydrogen-bond donors (Lipinski definition) is 1. The standard InChI is InChI=1S/C19H15FN2O3/c1-24-19(23)13-4-2-12(3-5-13)15-11-22-9-8-17(15)25-18-7-6-14(21)10-16(18)20/h2-11H,21H2,1H3. The Morgan fingerprint density at radius 1 is 1.08 bits per heavy atom. The summed E-state index contributed by atoms with van der Waals surface area (Å²) in [4.78, 5) is 15.6. The Morgan fingerprint density at radius 3 is 2.52 bits per heavy atom. The second-order valence-corrected chi connectivity index (χ2v) is 5.23. The van der Waals surface area contributed by atoms with Gasteiger partial charge in [0.05, 0.1) is 12.7 Å². The molecular weight excluding hydrogens is 323 g/mol. The van der Waals surface area contributed by atoms with Crippen molar-refractivity contribution in [1.29, 1.82) is 0 Å². The van der Waals surface area contributed by atoms with E-state index >= 15 is 0 Å². The molecule has 0 saturated heterocycles. The Labute approximate surface area is 143 Å². The quantitative estimate of drug-likeness (QED) is 0.574. The first-order chi connectivity index (χ1) is 12.1. The van der Waals surface area contributed by atoms with E-state index in [1.807, 2.05) is 0 Å². The molecule has 0 aliphatic rings. The monoisotopic (exact) mass is 338 g/mol. The fourth-order valence-electron chi connectivity index (χ4n) is 2.31. The zero-order valence-electron chi connectivity index (χ0n) is 13.4. The SMILES string of the molecule is COC(=O)c1ccc(-c2cnccc2Oc2ccc(N)cc2F)cc1. The molecule has 3 aromatic rings. The first kappa shape index (κ1) is 16.4. The summed E-state index contributed by atoms with van der Waals surface area (Å²) in [6.45, 7) is 0. The number of anilines is 1. The van der Waals surface area contributed by atoms with Crippen LogP contribution in [-0.2, 0) is 4.74 Å². The van der Waals surface area contributed by atoms with Gasteiger partial charge in [0.15, 0.2) is 11.6 Å². The van der Waals surface area contributed by atoms with Crippen molar-refractivity contribution in [2.75, 3.05) is 12.8 Å². The summed E-state index contributed by atoms with van der Waals surface area (Å²) in [5, 5.41) is 0. The van der Waals surface area contributed by atoms with Gasteiger partial charge in [-0.3, -0.25) is 4.98 Å². The predicted molar refractivity (Wildman–Crippen MR) is 91.9 cm³/mol. The molecule has 3 rings (SSSR count). The van der Waals surface area contributed by atoms with Crippen LogP contribution >= 0.6 is 0 Å². The summed E-state index contributed by atoms with van der Waals surface area (Å²) in [6, 6.07) is 12.6. The number of esters is 1. The fourth-order valence-corrected chi connectivity index (χ4v) is 2.31. The van der Waals surface area contributed by atoms with Crippen molar-refractivity contribution in [1.82, 2.24) is 4.98 Å². The molecule has 0 fully saturated rings. The summed E-state index contributed by atoms with van der Waals surface area (Å²) < 4.78 is 24.3. The third-order valence-corrected chi connectivity index (χ3v) is 3.57. The molecule has 5 nitrogen and oxygen atoms in total. The van der Waals surface area contributed by atoms with Crippen LogP contribution in [0.2, 0.25) is 0 Å². The van der Waals surface area contributed by atoms with Crippen molar-refractivity contribution in [3.05, 3.63) is 72.3 Å². The van der Waals surface area contributed by atoms with Gasteiger partial charge in [-0.25, -0.2) is 9.18 Å². The molecule has 0 saturated carbocycles. The van der Waals surface area contributed by atoms with E-state index in [0.29, 0.717) is 22.6 Å². The number of methoxy groups -OCH3 is 1. The number of carbonyl (C=O) groups excluding carboxylic acids is 1. The molecule has 2 N–H and O–H groups in total. The highest BCUT2D eigenvalue weighted by Gasteiger charge is 2.12. The normalized spacial score (nSPS) is 10.3. The maximum absolute atomic E-state index is 14.0. The maximum atomic E-state index is 14.0. The van der Waals surface area contributed by atoms with Crippen molar-refractivity contribution in [2.45, 2.75) is 0 Å². The van der Waals surface area contributed by atoms with Gasteiger partial charge in [0.25, 0.3) is 0 Å². The number of carbonyl (C=O) groups is 1. The van der Waals surface area contributed by atoms with Crippen molar-refractivity contribution < 1.29 is 18.7 Å². The number of nitrogen functional groups attached to an aromatic ring is 1. The van der Waals surface area contributed by atoms with Gasteiger partial charge in [0.2, 0.25) is 0 Å². The van der Waals surface area contributed by atoms with Crippen molar-refractivity contribution in [2.24, 2.45) is 0 Å². The predicted octanol–water partition coefficient (Wildman–Crippen LogP) is 4.05. The van der Waals surface area contributed by atoms with Crippen LogP contribution in [0.3, 0.4) is 0 Å². The van der Waals surface area contributed by atoms with Crippen molar-refractivity contribution in [3.8, 4) is 22.6 Å². The van der Waals surface area contributed by atoms with Crippen LogP contribution < -0.4 is 10.5 Å². The molecule has 0 bridgehead atoms. The maximum Gasteiger partial charge on any atom is 0.337 e. The summed E-state index contributed by atoms with van der Waals surface area (Å²) in [5.41, 5.74) is 7.73. The van der Waals surface area contributed by atoms with E-state index < -0.39 is 11.8 Å². The third-order valence-electron chi connectivity index (χ3n) is 3.57. The number of ether oxygens (including phenoxy) is 2. The van der Waals surface area contributed by atoms with Gasteiger partial charge in [-0.1, -0.05) is 12.1 Å². The number of aromatic nitrogens is 1. The van der Waals surface area contributed by atoms with Gasteiger partial charge < -0.3 is 15.2 Å². The van der Waals surface area contributed by atoms with E-state index in [-0.39, 0.29) is 5.75 Å². The van der Waals surface area contributed by atoms with Crippen molar-refractivity contribution >= 4 is 11.7 Å². The molecule has 25 heavy (non-hydrogen) atoms. The summed E-state index contributed by atoms with van der Waals surface area (Å²) in [7, 11) is 1.32. The van der Waals surface area contributed by atoms with Gasteiger partial charge in [-0.15, -0.1) is 0 Å². The lowest BCUT2D eigenvalue weighted by Gasteiger charge is -2.12. The van der Waals surface area contributed by atoms with Crippen LogP contribution in [0.5, 0.6) is 11.5 Å². The Bertz CT molecular complexity index is 911. The molecule has 0 aliphatic heterocycles. The topological polar surface area (TPSA) is 74.4 Å². The lowest BCUT2D eigenvalue weighted by Crippen LogP contribution is -2.00. The molecule has 0 spiro atoms. The van der Waals surface area contributed by atoms with Crippen LogP contribution in [0.4, 0.5) is 10.1 Å². The van der Waals surface area contributed by atoms with E-state index in [1.54, 1.807) is 48.8 Å². The van der Waals surface area contributed by atoms with Crippen LogP contribution in [0.1, 0.15) is 10.4 Å². The average Bonchev–Trinajstić information content (AvgIpc) is 2.64. The first-order valence-electron chi connectivity index (χ1n) is 7.44. The smallest absolute Gasteiger partial charge is 0.337 e. The Balaban J connectivity index is 1.94. The minimum absolute atomic E-state index is 0.0628. The molecule has 1 aromatic heterocycles. The van der Waals surface area contributed by atoms with Crippen LogP contribution in [-0.4, -0.2) is 18.1 Å². The highest BCUT2D eigenvalue weighted by Crippen LogP contribution is 2.34.